The summed E-state index contributed by atoms with van der Waals surface area (Å²) in [5, 5.41) is 20.0. The molecular weight excluding hydrogens is 349 g/mol. The van der Waals surface area contributed by atoms with Gasteiger partial charge < -0.3 is 33.1 Å². The van der Waals surface area contributed by atoms with Crippen LogP contribution in [0.25, 0.3) is 0 Å². The van der Waals surface area contributed by atoms with Gasteiger partial charge in [0, 0.05) is 16.6 Å². The third kappa shape index (κ3) is 3.21. The summed E-state index contributed by atoms with van der Waals surface area (Å²) in [5.41, 5.74) is -1.87. The fraction of sp³-hybridized carbons (Fsp3) is 1.00. The van der Waals surface area contributed by atoms with Crippen LogP contribution in [0.3, 0.4) is 0 Å². The predicted octanol–water partition coefficient (Wildman–Crippen LogP) is 2.61. The van der Waals surface area contributed by atoms with Crippen LogP contribution < -0.4 is 0 Å². The van der Waals surface area contributed by atoms with Crippen LogP contribution in [0, 0.1) is 29.1 Å². The minimum absolute atomic E-state index is 0.0800. The molecule has 0 amide bonds. The highest BCUT2D eigenvalue weighted by atomic mass is 17.0. The first-order chi connectivity index (χ1) is 12.2. The zero-order valence-corrected chi connectivity index (χ0v) is 18.5. The fourth-order valence-corrected chi connectivity index (χ4v) is 6.46. The van der Waals surface area contributed by atoms with E-state index in [9.17, 15) is 10.0 Å². The molecule has 2 aliphatic heterocycles. The maximum absolute atomic E-state index is 9.99. The smallest absolute Gasteiger partial charge is 0.538 e. The number of hydrogen-bond donors (Lipinski definition) is 2. The Labute approximate surface area is 164 Å². The summed E-state index contributed by atoms with van der Waals surface area (Å²) in [5.74, 6) is 0.320. The number of hydrogen-bond acceptors (Lipinski definition) is 7. The van der Waals surface area contributed by atoms with E-state index in [4.69, 9.17) is 23.0 Å². The lowest BCUT2D eigenvalue weighted by Crippen LogP contribution is -2.81. The lowest BCUT2D eigenvalue weighted by Gasteiger charge is -2.74. The van der Waals surface area contributed by atoms with Crippen molar-refractivity contribution >= 4 is 21.6 Å². The van der Waals surface area contributed by atoms with Crippen LogP contribution in [-0.4, -0.2) is 42.8 Å². The van der Waals surface area contributed by atoms with Crippen molar-refractivity contribution in [3.05, 3.63) is 0 Å². The van der Waals surface area contributed by atoms with E-state index >= 15 is 0 Å². The molecule has 2 rings (SSSR count). The quantitative estimate of drug-likeness (QED) is 0.720. The molecule has 0 aliphatic carbocycles. The summed E-state index contributed by atoms with van der Waals surface area (Å²) in [4.78, 5) is 0. The van der Waals surface area contributed by atoms with Crippen LogP contribution in [0.4, 0.5) is 0 Å². The van der Waals surface area contributed by atoms with Gasteiger partial charge in [-0.05, 0) is 23.7 Å². The molecule has 2 fully saturated rings. The summed E-state index contributed by atoms with van der Waals surface area (Å²) in [6.07, 6.45) is 0. The average molecular weight is 385 g/mol. The molecule has 0 radical (unpaired) electrons. The zero-order chi connectivity index (χ0) is 21.0. The van der Waals surface area contributed by atoms with Crippen LogP contribution in [-0.2, 0) is 23.0 Å². The van der Waals surface area contributed by atoms with Crippen LogP contribution in [0.15, 0.2) is 0 Å². The second kappa shape index (κ2) is 7.31. The molecule has 2 heterocycles. The van der Waals surface area contributed by atoms with Gasteiger partial charge in [-0.25, -0.2) is 0 Å². The molecule has 0 atom stereocenters. The van der Waals surface area contributed by atoms with Gasteiger partial charge >= 0.3 is 21.6 Å². The van der Waals surface area contributed by atoms with E-state index in [0.717, 1.165) is 0 Å². The largest absolute Gasteiger partial charge is 0.583 e. The van der Waals surface area contributed by atoms with Crippen molar-refractivity contribution in [2.24, 2.45) is 29.1 Å². The maximum Gasteiger partial charge on any atom is 0.583 e. The van der Waals surface area contributed by atoms with Crippen LogP contribution in [0.2, 0.25) is 0 Å². The van der Waals surface area contributed by atoms with Crippen molar-refractivity contribution < 1.29 is 33.1 Å². The second-order valence-corrected chi connectivity index (χ2v) is 9.67. The normalized spacial score (nSPS) is 26.7. The number of rotatable bonds is 4. The predicted molar refractivity (Wildman–Crippen MR) is 106 cm³/mol. The summed E-state index contributed by atoms with van der Waals surface area (Å²) < 4.78 is 28.9. The van der Waals surface area contributed by atoms with Crippen LogP contribution in [0.1, 0.15) is 69.2 Å². The van der Waals surface area contributed by atoms with Gasteiger partial charge in [-0.3, -0.25) is 0 Å². The molecule has 2 N–H and O–H groups in total. The summed E-state index contributed by atoms with van der Waals surface area (Å²) >= 11 is 0. The van der Waals surface area contributed by atoms with Gasteiger partial charge in [0.2, 0.25) is 0 Å². The highest BCUT2D eigenvalue weighted by molar-refractivity contribution is 6.73. The first-order valence-electron chi connectivity index (χ1n) is 10.1. The Balaban J connectivity index is 2.78. The third-order valence-corrected chi connectivity index (χ3v) is 6.86. The highest BCUT2D eigenvalue weighted by Crippen LogP contribution is 2.62. The molecule has 7 nitrogen and oxygen atoms in total. The highest BCUT2D eigenvalue weighted by Gasteiger charge is 2.70. The van der Waals surface area contributed by atoms with Gasteiger partial charge in [-0.1, -0.05) is 69.2 Å². The Kier molecular flexibility index (Phi) is 6.28. The lowest BCUT2D eigenvalue weighted by atomic mass is 9.48. The first-order valence-corrected chi connectivity index (χ1v) is 10.1. The van der Waals surface area contributed by atoms with Gasteiger partial charge in [0.1, 0.15) is 0 Å². The van der Waals surface area contributed by atoms with E-state index in [2.05, 4.69) is 69.2 Å². The maximum atomic E-state index is 9.99. The van der Waals surface area contributed by atoms with Gasteiger partial charge in [-0.2, -0.15) is 0 Å². The molecule has 0 bridgehead atoms. The van der Waals surface area contributed by atoms with E-state index in [1.807, 2.05) is 0 Å². The van der Waals surface area contributed by atoms with Crippen molar-refractivity contribution in [2.75, 3.05) is 0 Å². The summed E-state index contributed by atoms with van der Waals surface area (Å²) in [7, 11) is -3.41. The Morgan fingerprint density at radius 1 is 0.667 bits per heavy atom. The van der Waals surface area contributed by atoms with E-state index in [0.29, 0.717) is 0 Å². The van der Waals surface area contributed by atoms with E-state index < -0.39 is 38.2 Å². The summed E-state index contributed by atoms with van der Waals surface area (Å²) in [6, 6.07) is 0. The Morgan fingerprint density at radius 2 is 0.963 bits per heavy atom. The molecule has 0 saturated carbocycles. The summed E-state index contributed by atoms with van der Waals surface area (Å²) in [6.45, 7) is 18.3. The van der Waals surface area contributed by atoms with Crippen LogP contribution in [0.5, 0.6) is 0 Å². The molecule has 156 valence electrons. The Hall–Kier alpha value is -0.0852. The van der Waals surface area contributed by atoms with Gasteiger partial charge in [0.15, 0.2) is 0 Å². The third-order valence-electron chi connectivity index (χ3n) is 6.86. The average Bonchev–Trinajstić information content (AvgIpc) is 2.46. The minimum atomic E-state index is -2.91. The van der Waals surface area contributed by atoms with E-state index in [1.165, 1.54) is 0 Å². The van der Waals surface area contributed by atoms with E-state index in [1.54, 1.807) is 0 Å². The molecule has 10 heteroatoms. The molecule has 0 aromatic heterocycles. The zero-order valence-electron chi connectivity index (χ0n) is 18.5. The molecule has 0 aromatic carbocycles. The van der Waals surface area contributed by atoms with Gasteiger partial charge in [0.25, 0.3) is 0 Å². The minimum Gasteiger partial charge on any atom is -0.538 e. The first kappa shape index (κ1) is 23.2. The Morgan fingerprint density at radius 3 is 1.22 bits per heavy atom. The van der Waals surface area contributed by atoms with Crippen molar-refractivity contribution in [3.63, 3.8) is 0 Å². The topological polar surface area (TPSA) is 86.6 Å². The van der Waals surface area contributed by atoms with Crippen molar-refractivity contribution in [2.45, 2.75) is 80.4 Å². The van der Waals surface area contributed by atoms with Gasteiger partial charge in [-0.15, -0.1) is 0 Å². The molecule has 2 aliphatic rings. The SMILES string of the molecule is CC(C)C1(C(C)C)O[B-]2(OB(O)OB(O)O2)OC(C(C)C)(C(C)C)C1(C)C. The molecular formula is C17H36B3O7-. The molecule has 0 aromatic rings. The van der Waals surface area contributed by atoms with Crippen molar-refractivity contribution in [3.8, 4) is 0 Å². The lowest BCUT2D eigenvalue weighted by molar-refractivity contribution is -0.309. The second-order valence-electron chi connectivity index (χ2n) is 9.67. The molecule has 2 saturated heterocycles. The molecule has 0 unspecified atom stereocenters. The molecule has 27 heavy (non-hydrogen) atoms. The van der Waals surface area contributed by atoms with Crippen LogP contribution >= 0.6 is 0 Å². The Bertz CT molecular complexity index is 479. The van der Waals surface area contributed by atoms with Gasteiger partial charge in [0.05, 0.1) is 0 Å². The van der Waals surface area contributed by atoms with Crippen molar-refractivity contribution in [1.29, 1.82) is 0 Å². The standard InChI is InChI=1S/C17H36B3O7/c1-11(2)16(12(3)4)15(9,10)17(13(5)6,14(7)8)24-20(23-16)26-18(21)25-19(22)27-20/h11-14,21-22H,1-10H3/q-1. The monoisotopic (exact) mass is 385 g/mol. The van der Waals surface area contributed by atoms with Crippen molar-refractivity contribution in [1.82, 2.24) is 0 Å². The van der Waals surface area contributed by atoms with E-state index in [-0.39, 0.29) is 23.7 Å². The fourth-order valence-electron chi connectivity index (χ4n) is 6.46. The molecule has 1 spiro atoms.